The Morgan fingerprint density at radius 1 is 1.38 bits per heavy atom. The third kappa shape index (κ3) is 2.99. The van der Waals surface area contributed by atoms with Gasteiger partial charge >= 0.3 is 0 Å². The number of hydrogen-bond donors (Lipinski definition) is 2. The number of nitrogens with zero attached hydrogens (tertiary/aromatic N) is 3. The number of aromatic amines is 1. The van der Waals surface area contributed by atoms with E-state index in [2.05, 4.69) is 4.98 Å². The number of piperidine rings is 1. The number of nitriles is 1. The van der Waals surface area contributed by atoms with Crippen LogP contribution in [0.4, 0.5) is 0 Å². The molecule has 138 valence electrons. The minimum Gasteiger partial charge on any atom is -0.395 e. The van der Waals surface area contributed by atoms with Gasteiger partial charge in [-0.1, -0.05) is 0 Å². The van der Waals surface area contributed by atoms with Gasteiger partial charge < -0.3 is 19.9 Å². The van der Waals surface area contributed by atoms with E-state index in [1.807, 2.05) is 0 Å². The van der Waals surface area contributed by atoms with Crippen molar-refractivity contribution in [2.24, 2.45) is 5.41 Å². The summed E-state index contributed by atoms with van der Waals surface area (Å²) in [5.74, 6) is -0.275. The first-order valence-electron chi connectivity index (χ1n) is 8.75. The van der Waals surface area contributed by atoms with Gasteiger partial charge in [0.15, 0.2) is 0 Å². The van der Waals surface area contributed by atoms with E-state index in [9.17, 15) is 14.4 Å². The largest absolute Gasteiger partial charge is 0.395 e. The van der Waals surface area contributed by atoms with Crippen LogP contribution in [-0.2, 0) is 4.79 Å². The van der Waals surface area contributed by atoms with Crippen LogP contribution < -0.4 is 5.56 Å². The molecule has 1 aromatic rings. The van der Waals surface area contributed by atoms with E-state index < -0.39 is 11.0 Å². The van der Waals surface area contributed by atoms with E-state index in [-0.39, 0.29) is 29.5 Å². The smallest absolute Gasteiger partial charge is 0.266 e. The van der Waals surface area contributed by atoms with E-state index in [1.54, 1.807) is 22.8 Å². The molecule has 0 radical (unpaired) electrons. The van der Waals surface area contributed by atoms with Crippen molar-refractivity contribution >= 4 is 11.8 Å². The number of β-amino-alcohol motifs (C(OH)–C–C–N with tert-alkyl or cyclic N) is 1. The highest BCUT2D eigenvalue weighted by atomic mass is 16.3. The number of pyridine rings is 1. The number of H-pyrrole nitrogens is 1. The van der Waals surface area contributed by atoms with Crippen molar-refractivity contribution in [1.82, 2.24) is 14.8 Å². The highest BCUT2D eigenvalue weighted by Crippen LogP contribution is 2.40. The average molecular weight is 358 g/mol. The lowest BCUT2D eigenvalue weighted by atomic mass is 9.78. The summed E-state index contributed by atoms with van der Waals surface area (Å²) >= 11 is 0. The van der Waals surface area contributed by atoms with Crippen LogP contribution in [0.15, 0.2) is 10.9 Å². The van der Waals surface area contributed by atoms with Gasteiger partial charge in [-0.2, -0.15) is 5.26 Å². The molecule has 0 bridgehead atoms. The molecule has 2 N–H and O–H groups in total. The zero-order valence-electron chi connectivity index (χ0n) is 14.7. The van der Waals surface area contributed by atoms with Gasteiger partial charge in [0.25, 0.3) is 11.5 Å². The zero-order chi connectivity index (χ0) is 18.9. The summed E-state index contributed by atoms with van der Waals surface area (Å²) in [5, 5.41) is 18.2. The van der Waals surface area contributed by atoms with Crippen molar-refractivity contribution in [3.8, 4) is 6.07 Å². The van der Waals surface area contributed by atoms with Crippen molar-refractivity contribution in [3.63, 3.8) is 0 Å². The third-order valence-electron chi connectivity index (χ3n) is 5.42. The SMILES string of the molecule is Cc1[nH]c(=O)c(C#N)cc1C(=O)N1CCC2(CCCN(CCO)C2=O)C1. The Bertz CT molecular complexity index is 839. The number of aryl methyl sites for hydroxylation is 1. The summed E-state index contributed by atoms with van der Waals surface area (Å²) in [6, 6.07) is 3.11. The van der Waals surface area contributed by atoms with E-state index >= 15 is 0 Å². The quantitative estimate of drug-likeness (QED) is 0.789. The van der Waals surface area contributed by atoms with Crippen LogP contribution in [0.1, 0.15) is 40.9 Å². The van der Waals surface area contributed by atoms with Crippen LogP contribution >= 0.6 is 0 Å². The van der Waals surface area contributed by atoms with Crippen LogP contribution in [0.25, 0.3) is 0 Å². The summed E-state index contributed by atoms with van der Waals surface area (Å²) in [6.07, 6.45) is 2.17. The lowest BCUT2D eigenvalue weighted by Crippen LogP contribution is -2.51. The first kappa shape index (κ1) is 18.1. The van der Waals surface area contributed by atoms with Gasteiger partial charge in [-0.3, -0.25) is 14.4 Å². The Labute approximate surface area is 151 Å². The zero-order valence-corrected chi connectivity index (χ0v) is 14.7. The van der Waals surface area contributed by atoms with Crippen LogP contribution in [0, 0.1) is 23.7 Å². The molecule has 0 aliphatic carbocycles. The number of aliphatic hydroxyl groups is 1. The lowest BCUT2D eigenvalue weighted by Gasteiger charge is -2.39. The summed E-state index contributed by atoms with van der Waals surface area (Å²) in [7, 11) is 0. The maximum atomic E-state index is 12.9. The number of aliphatic hydroxyl groups excluding tert-OH is 1. The van der Waals surface area contributed by atoms with Gasteiger partial charge in [0.1, 0.15) is 11.6 Å². The minimum atomic E-state index is -0.586. The predicted molar refractivity (Wildman–Crippen MR) is 92.4 cm³/mol. The molecule has 8 nitrogen and oxygen atoms in total. The van der Waals surface area contributed by atoms with E-state index in [1.165, 1.54) is 6.07 Å². The third-order valence-corrected chi connectivity index (χ3v) is 5.42. The fourth-order valence-electron chi connectivity index (χ4n) is 4.01. The summed E-state index contributed by atoms with van der Waals surface area (Å²) in [4.78, 5) is 43.3. The Morgan fingerprint density at radius 3 is 2.85 bits per heavy atom. The molecule has 2 aliphatic heterocycles. The van der Waals surface area contributed by atoms with Crippen molar-refractivity contribution in [2.75, 3.05) is 32.8 Å². The second-order valence-corrected chi connectivity index (χ2v) is 7.04. The Hall–Kier alpha value is -2.66. The summed E-state index contributed by atoms with van der Waals surface area (Å²) in [6.45, 7) is 3.29. The molecule has 3 rings (SSSR count). The molecular weight excluding hydrogens is 336 g/mol. The second kappa shape index (κ2) is 6.92. The van der Waals surface area contributed by atoms with Crippen molar-refractivity contribution in [1.29, 1.82) is 5.26 Å². The first-order valence-corrected chi connectivity index (χ1v) is 8.75. The Balaban J connectivity index is 1.83. The molecule has 2 aliphatic rings. The molecule has 8 heteroatoms. The number of nitrogens with one attached hydrogen (secondary N) is 1. The van der Waals surface area contributed by atoms with Gasteiger partial charge in [0.2, 0.25) is 5.91 Å². The minimum absolute atomic E-state index is 0.00371. The standard InChI is InChI=1S/C18H22N4O4/c1-12-14(9-13(10-19)15(24)20-12)16(25)22-6-4-18(11-22)3-2-5-21(7-8-23)17(18)26/h9,23H,2-8,11H2,1H3,(H,20,24). The maximum absolute atomic E-state index is 12.9. The topological polar surface area (TPSA) is 118 Å². The molecule has 1 unspecified atom stereocenters. The van der Waals surface area contributed by atoms with Gasteiger partial charge in [-0.25, -0.2) is 0 Å². The summed E-state index contributed by atoms with van der Waals surface area (Å²) in [5.41, 5.74) is -0.500. The van der Waals surface area contributed by atoms with Crippen LogP contribution in [0.3, 0.4) is 0 Å². The molecule has 1 aromatic heterocycles. The highest BCUT2D eigenvalue weighted by molar-refractivity contribution is 5.96. The van der Waals surface area contributed by atoms with Crippen molar-refractivity contribution < 1.29 is 14.7 Å². The number of likely N-dealkylation sites (tertiary alicyclic amines) is 2. The van der Waals surface area contributed by atoms with Gasteiger partial charge in [0.05, 0.1) is 17.6 Å². The van der Waals surface area contributed by atoms with E-state index in [4.69, 9.17) is 10.4 Å². The van der Waals surface area contributed by atoms with Crippen LogP contribution in [-0.4, -0.2) is 64.5 Å². The number of carbonyl (C=O) groups excluding carboxylic acids is 2. The number of aromatic nitrogens is 1. The summed E-state index contributed by atoms with van der Waals surface area (Å²) < 4.78 is 0. The maximum Gasteiger partial charge on any atom is 0.266 e. The molecule has 0 saturated carbocycles. The van der Waals surface area contributed by atoms with Gasteiger partial charge in [0, 0.05) is 31.9 Å². The normalized spacial score (nSPS) is 22.7. The first-order chi connectivity index (χ1) is 12.4. The molecule has 26 heavy (non-hydrogen) atoms. The molecule has 0 aromatic carbocycles. The van der Waals surface area contributed by atoms with E-state index in [0.717, 1.165) is 12.8 Å². The number of amides is 2. The monoisotopic (exact) mass is 358 g/mol. The predicted octanol–water partition coefficient (Wildman–Crippen LogP) is 0.00200. The second-order valence-electron chi connectivity index (χ2n) is 7.04. The number of rotatable bonds is 3. The van der Waals surface area contributed by atoms with Crippen LogP contribution in [0.2, 0.25) is 0 Å². The molecule has 1 atom stereocenters. The number of carbonyl (C=O) groups is 2. The Kier molecular flexibility index (Phi) is 4.83. The molecular formula is C18H22N4O4. The molecule has 2 saturated heterocycles. The Morgan fingerprint density at radius 2 is 2.15 bits per heavy atom. The van der Waals surface area contributed by atoms with Gasteiger partial charge in [-0.05, 0) is 32.3 Å². The van der Waals surface area contributed by atoms with Crippen molar-refractivity contribution in [2.45, 2.75) is 26.2 Å². The lowest BCUT2D eigenvalue weighted by molar-refractivity contribution is -0.146. The molecule has 2 amide bonds. The average Bonchev–Trinajstić information content (AvgIpc) is 3.04. The van der Waals surface area contributed by atoms with Crippen molar-refractivity contribution in [3.05, 3.63) is 33.2 Å². The fourth-order valence-corrected chi connectivity index (χ4v) is 4.01. The number of hydrogen-bond acceptors (Lipinski definition) is 5. The van der Waals surface area contributed by atoms with Crippen LogP contribution in [0.5, 0.6) is 0 Å². The molecule has 3 heterocycles. The van der Waals surface area contributed by atoms with Gasteiger partial charge in [-0.15, -0.1) is 0 Å². The van der Waals surface area contributed by atoms with E-state index in [0.29, 0.717) is 38.3 Å². The fraction of sp³-hybridized carbons (Fsp3) is 0.556. The highest BCUT2D eigenvalue weighted by Gasteiger charge is 2.49. The molecule has 1 spiro atoms. The molecule has 2 fully saturated rings.